The van der Waals surface area contributed by atoms with Crippen molar-refractivity contribution in [2.45, 2.75) is 33.0 Å². The van der Waals surface area contributed by atoms with E-state index in [-0.39, 0.29) is 12.2 Å². The number of benzene rings is 1. The average Bonchev–Trinajstić information content (AvgIpc) is 2.31. The summed E-state index contributed by atoms with van der Waals surface area (Å²) in [6.45, 7) is 9.65. The lowest BCUT2D eigenvalue weighted by atomic mass is 10.2. The molecule has 0 N–H and O–H groups in total. The van der Waals surface area contributed by atoms with Crippen LogP contribution in [0, 0.1) is 6.92 Å². The third-order valence-electron chi connectivity index (χ3n) is 3.29. The molecule has 1 heterocycles. The zero-order valence-corrected chi connectivity index (χ0v) is 14.5. The molecule has 0 amide bonds. The van der Waals surface area contributed by atoms with Crippen LogP contribution in [-0.2, 0) is 4.74 Å². The molecule has 0 radical (unpaired) electrons. The predicted molar refractivity (Wildman–Crippen MR) is 85.8 cm³/mol. The van der Waals surface area contributed by atoms with Gasteiger partial charge in [0.15, 0.2) is 5.75 Å². The van der Waals surface area contributed by atoms with E-state index < -0.39 is 0 Å². The summed E-state index contributed by atoms with van der Waals surface area (Å²) in [6, 6.07) is 3.93. The maximum Gasteiger partial charge on any atom is 0.152 e. The van der Waals surface area contributed by atoms with Crippen LogP contribution in [0.2, 0.25) is 5.02 Å². The monoisotopic (exact) mass is 361 g/mol. The first kappa shape index (κ1) is 16.1. The van der Waals surface area contributed by atoms with Gasteiger partial charge in [-0.3, -0.25) is 4.90 Å². The Bertz CT molecular complexity index is 436. The Morgan fingerprint density at radius 2 is 2.00 bits per heavy atom. The molecule has 0 aliphatic carbocycles. The number of hydrogen-bond acceptors (Lipinski definition) is 3. The number of aryl methyl sites for hydroxylation is 1. The summed E-state index contributed by atoms with van der Waals surface area (Å²) >= 11 is 9.71. The molecule has 5 heteroatoms. The van der Waals surface area contributed by atoms with E-state index in [1.165, 1.54) is 0 Å². The van der Waals surface area contributed by atoms with Crippen molar-refractivity contribution in [3.05, 3.63) is 27.2 Å². The lowest BCUT2D eigenvalue weighted by Crippen LogP contribution is -2.46. The predicted octanol–water partition coefficient (Wildman–Crippen LogP) is 3.90. The minimum absolute atomic E-state index is 0.286. The molecule has 20 heavy (non-hydrogen) atoms. The van der Waals surface area contributed by atoms with Gasteiger partial charge in [0.2, 0.25) is 0 Å². The highest BCUT2D eigenvalue weighted by Crippen LogP contribution is 2.34. The fourth-order valence-corrected chi connectivity index (χ4v) is 3.70. The molecule has 0 bridgehead atoms. The minimum Gasteiger partial charge on any atom is -0.490 e. The van der Waals surface area contributed by atoms with Gasteiger partial charge in [0.25, 0.3) is 0 Å². The number of rotatable bonds is 4. The Balaban J connectivity index is 1.87. The average molecular weight is 363 g/mol. The van der Waals surface area contributed by atoms with Crippen LogP contribution in [0.1, 0.15) is 19.4 Å². The Labute approximate surface area is 134 Å². The topological polar surface area (TPSA) is 21.7 Å². The highest BCUT2D eigenvalue weighted by atomic mass is 79.9. The van der Waals surface area contributed by atoms with Gasteiger partial charge < -0.3 is 9.47 Å². The zero-order valence-electron chi connectivity index (χ0n) is 12.2. The van der Waals surface area contributed by atoms with E-state index in [9.17, 15) is 0 Å². The standard InChI is InChI=1S/C15H21BrClNO2/c1-10-6-13(16)15(14(17)7-10)19-5-4-18-8-11(2)20-12(3)9-18/h6-7,11-12H,4-5,8-9H2,1-3H3/t11-,12-/m0/s1. The fourth-order valence-electron chi connectivity index (χ4n) is 2.57. The van der Waals surface area contributed by atoms with E-state index in [1.807, 2.05) is 19.1 Å². The minimum atomic E-state index is 0.286. The second-order valence-corrected chi connectivity index (χ2v) is 6.68. The molecular formula is C15H21BrClNO2. The van der Waals surface area contributed by atoms with Crippen molar-refractivity contribution in [3.8, 4) is 5.75 Å². The molecule has 0 spiro atoms. The summed E-state index contributed by atoms with van der Waals surface area (Å²) in [7, 11) is 0. The molecule has 1 aromatic rings. The van der Waals surface area contributed by atoms with Crippen LogP contribution >= 0.6 is 27.5 Å². The molecule has 0 unspecified atom stereocenters. The van der Waals surface area contributed by atoms with Gasteiger partial charge >= 0.3 is 0 Å². The van der Waals surface area contributed by atoms with Crippen molar-refractivity contribution in [3.63, 3.8) is 0 Å². The van der Waals surface area contributed by atoms with Crippen LogP contribution in [0.4, 0.5) is 0 Å². The fraction of sp³-hybridized carbons (Fsp3) is 0.600. The molecule has 112 valence electrons. The zero-order chi connectivity index (χ0) is 14.7. The largest absolute Gasteiger partial charge is 0.490 e. The van der Waals surface area contributed by atoms with E-state index >= 15 is 0 Å². The first-order valence-electron chi connectivity index (χ1n) is 6.92. The van der Waals surface area contributed by atoms with Crippen molar-refractivity contribution in [1.29, 1.82) is 0 Å². The molecule has 0 saturated carbocycles. The van der Waals surface area contributed by atoms with Crippen LogP contribution in [0.5, 0.6) is 5.75 Å². The summed E-state index contributed by atoms with van der Waals surface area (Å²) < 4.78 is 12.5. The molecule has 1 aliphatic heterocycles. The summed E-state index contributed by atoms with van der Waals surface area (Å²) in [5.74, 6) is 0.728. The second-order valence-electron chi connectivity index (χ2n) is 5.42. The van der Waals surface area contributed by atoms with Gasteiger partial charge in [-0.05, 0) is 54.4 Å². The van der Waals surface area contributed by atoms with Crippen molar-refractivity contribution < 1.29 is 9.47 Å². The van der Waals surface area contributed by atoms with Crippen LogP contribution in [0.15, 0.2) is 16.6 Å². The van der Waals surface area contributed by atoms with Crippen LogP contribution in [0.25, 0.3) is 0 Å². The van der Waals surface area contributed by atoms with Gasteiger partial charge in [-0.2, -0.15) is 0 Å². The van der Waals surface area contributed by atoms with E-state index in [0.717, 1.165) is 35.4 Å². The molecule has 1 saturated heterocycles. The van der Waals surface area contributed by atoms with Crippen molar-refractivity contribution >= 4 is 27.5 Å². The maximum absolute atomic E-state index is 6.21. The first-order valence-corrected chi connectivity index (χ1v) is 8.09. The smallest absolute Gasteiger partial charge is 0.152 e. The number of halogens is 2. The molecular weight excluding hydrogens is 342 g/mol. The Morgan fingerprint density at radius 1 is 1.35 bits per heavy atom. The third kappa shape index (κ3) is 4.35. The number of hydrogen-bond donors (Lipinski definition) is 0. The highest BCUT2D eigenvalue weighted by Gasteiger charge is 2.21. The molecule has 1 aromatic carbocycles. The van der Waals surface area contributed by atoms with Crippen LogP contribution < -0.4 is 4.74 Å². The third-order valence-corrected chi connectivity index (χ3v) is 4.16. The maximum atomic E-state index is 6.21. The summed E-state index contributed by atoms with van der Waals surface area (Å²) in [6.07, 6.45) is 0.571. The van der Waals surface area contributed by atoms with Gasteiger partial charge in [-0.1, -0.05) is 11.6 Å². The SMILES string of the molecule is Cc1cc(Cl)c(OCCN2C[C@H](C)O[C@@H](C)C2)c(Br)c1. The Kier molecular flexibility index (Phi) is 5.73. The van der Waals surface area contributed by atoms with E-state index in [4.69, 9.17) is 21.1 Å². The molecule has 3 nitrogen and oxygen atoms in total. The number of ether oxygens (including phenoxy) is 2. The van der Waals surface area contributed by atoms with E-state index in [1.54, 1.807) is 0 Å². The van der Waals surface area contributed by atoms with Gasteiger partial charge in [-0.25, -0.2) is 0 Å². The molecule has 1 aliphatic rings. The normalized spacial score (nSPS) is 23.9. The van der Waals surface area contributed by atoms with Crippen molar-refractivity contribution in [2.24, 2.45) is 0 Å². The second kappa shape index (κ2) is 7.12. The van der Waals surface area contributed by atoms with Gasteiger partial charge in [-0.15, -0.1) is 0 Å². The van der Waals surface area contributed by atoms with Gasteiger partial charge in [0.1, 0.15) is 6.61 Å². The molecule has 0 aromatic heterocycles. The lowest BCUT2D eigenvalue weighted by Gasteiger charge is -2.35. The highest BCUT2D eigenvalue weighted by molar-refractivity contribution is 9.10. The van der Waals surface area contributed by atoms with E-state index in [0.29, 0.717) is 11.6 Å². The summed E-state index contributed by atoms with van der Waals surface area (Å²) in [4.78, 5) is 2.37. The quantitative estimate of drug-likeness (QED) is 0.811. The van der Waals surface area contributed by atoms with E-state index in [2.05, 4.69) is 34.7 Å². The van der Waals surface area contributed by atoms with Crippen molar-refractivity contribution in [2.75, 3.05) is 26.2 Å². The lowest BCUT2D eigenvalue weighted by molar-refractivity contribution is -0.0699. The first-order chi connectivity index (χ1) is 9.45. The van der Waals surface area contributed by atoms with Crippen LogP contribution in [0.3, 0.4) is 0 Å². The number of nitrogens with zero attached hydrogens (tertiary/aromatic N) is 1. The Hall–Kier alpha value is -0.290. The Morgan fingerprint density at radius 3 is 2.60 bits per heavy atom. The molecule has 1 fully saturated rings. The summed E-state index contributed by atoms with van der Waals surface area (Å²) in [5.41, 5.74) is 1.12. The van der Waals surface area contributed by atoms with Gasteiger partial charge in [0, 0.05) is 19.6 Å². The van der Waals surface area contributed by atoms with Gasteiger partial charge in [0.05, 0.1) is 21.7 Å². The van der Waals surface area contributed by atoms with Crippen molar-refractivity contribution in [1.82, 2.24) is 4.90 Å². The van der Waals surface area contributed by atoms with Crippen LogP contribution in [-0.4, -0.2) is 43.3 Å². The number of morpholine rings is 1. The molecule has 2 rings (SSSR count). The molecule has 2 atom stereocenters. The summed E-state index contributed by atoms with van der Waals surface area (Å²) in [5, 5.41) is 0.653.